The molecule has 1 fully saturated rings. The molecule has 0 bridgehead atoms. The van der Waals surface area contributed by atoms with Gasteiger partial charge in [-0.05, 0) is 43.4 Å². The lowest BCUT2D eigenvalue weighted by atomic mass is 9.98. The van der Waals surface area contributed by atoms with E-state index in [0.29, 0.717) is 0 Å². The van der Waals surface area contributed by atoms with E-state index < -0.39 is 0 Å². The first-order chi connectivity index (χ1) is 8.70. The topological polar surface area (TPSA) is 20.3 Å². The summed E-state index contributed by atoms with van der Waals surface area (Å²) in [6, 6.07) is 7.68. The van der Waals surface area contributed by atoms with Gasteiger partial charge in [0.15, 0.2) is 0 Å². The number of benzene rings is 1. The van der Waals surface area contributed by atoms with Crippen molar-refractivity contribution in [1.29, 1.82) is 0 Å². The van der Waals surface area contributed by atoms with Gasteiger partial charge in [0.05, 0.1) is 0 Å². The molecule has 1 amide bonds. The number of hydrogen-bond acceptors (Lipinski definition) is 1. The zero-order valence-electron chi connectivity index (χ0n) is 10.9. The number of nitrogens with zero attached hydrogens (tertiary/aromatic N) is 1. The van der Waals surface area contributed by atoms with E-state index in [1.54, 1.807) is 0 Å². The SMILES string of the molecule is CCC1CCCN(C(=O)c2cccc(Br)c2)CC1. The molecule has 1 aromatic rings. The van der Waals surface area contributed by atoms with Crippen molar-refractivity contribution in [2.75, 3.05) is 13.1 Å². The van der Waals surface area contributed by atoms with Gasteiger partial charge in [0, 0.05) is 23.1 Å². The van der Waals surface area contributed by atoms with Crippen LogP contribution in [0.4, 0.5) is 0 Å². The molecule has 1 heterocycles. The standard InChI is InChI=1S/C15H20BrNO/c1-2-12-5-4-9-17(10-8-12)15(18)13-6-3-7-14(16)11-13/h3,6-7,11-12H,2,4-5,8-10H2,1H3. The summed E-state index contributed by atoms with van der Waals surface area (Å²) in [5.74, 6) is 0.971. The Morgan fingerprint density at radius 2 is 2.22 bits per heavy atom. The first-order valence-corrected chi connectivity index (χ1v) is 7.55. The number of likely N-dealkylation sites (tertiary alicyclic amines) is 1. The van der Waals surface area contributed by atoms with E-state index >= 15 is 0 Å². The monoisotopic (exact) mass is 309 g/mol. The van der Waals surface area contributed by atoms with Crippen LogP contribution >= 0.6 is 15.9 Å². The maximum absolute atomic E-state index is 12.4. The molecule has 0 N–H and O–H groups in total. The van der Waals surface area contributed by atoms with Crippen LogP contribution in [0.3, 0.4) is 0 Å². The van der Waals surface area contributed by atoms with Gasteiger partial charge in [0.25, 0.3) is 5.91 Å². The maximum Gasteiger partial charge on any atom is 0.253 e. The average Bonchev–Trinajstić information content (AvgIpc) is 2.63. The summed E-state index contributed by atoms with van der Waals surface area (Å²) >= 11 is 3.42. The fraction of sp³-hybridized carbons (Fsp3) is 0.533. The van der Waals surface area contributed by atoms with E-state index in [0.717, 1.165) is 41.9 Å². The molecule has 1 atom stereocenters. The minimum atomic E-state index is 0.174. The first kappa shape index (κ1) is 13.6. The molecule has 1 aromatic carbocycles. The number of carbonyl (C=O) groups is 1. The molecule has 1 aliphatic heterocycles. The molecule has 0 saturated carbocycles. The van der Waals surface area contributed by atoms with Crippen molar-refractivity contribution in [3.8, 4) is 0 Å². The second-order valence-electron chi connectivity index (χ2n) is 5.01. The summed E-state index contributed by atoms with van der Waals surface area (Å²) in [5.41, 5.74) is 0.791. The molecule has 2 rings (SSSR count). The second-order valence-corrected chi connectivity index (χ2v) is 5.92. The zero-order valence-corrected chi connectivity index (χ0v) is 12.4. The van der Waals surface area contributed by atoms with Gasteiger partial charge in [0.1, 0.15) is 0 Å². The molecule has 18 heavy (non-hydrogen) atoms. The number of hydrogen-bond donors (Lipinski definition) is 0. The molecule has 0 spiro atoms. The fourth-order valence-corrected chi connectivity index (χ4v) is 2.98. The highest BCUT2D eigenvalue weighted by Crippen LogP contribution is 2.22. The molecule has 0 aromatic heterocycles. The van der Waals surface area contributed by atoms with Gasteiger partial charge in [-0.25, -0.2) is 0 Å². The van der Waals surface area contributed by atoms with Crippen molar-refractivity contribution >= 4 is 21.8 Å². The molecular weight excluding hydrogens is 290 g/mol. The molecule has 1 unspecified atom stereocenters. The van der Waals surface area contributed by atoms with Gasteiger partial charge < -0.3 is 4.90 Å². The smallest absolute Gasteiger partial charge is 0.253 e. The Morgan fingerprint density at radius 3 is 2.94 bits per heavy atom. The lowest BCUT2D eigenvalue weighted by Crippen LogP contribution is -2.32. The van der Waals surface area contributed by atoms with Crippen molar-refractivity contribution in [2.24, 2.45) is 5.92 Å². The summed E-state index contributed by atoms with van der Waals surface area (Å²) in [6.45, 7) is 4.06. The summed E-state index contributed by atoms with van der Waals surface area (Å²) in [5, 5.41) is 0. The van der Waals surface area contributed by atoms with Gasteiger partial charge >= 0.3 is 0 Å². The normalized spacial score (nSPS) is 20.6. The van der Waals surface area contributed by atoms with Crippen molar-refractivity contribution < 1.29 is 4.79 Å². The molecule has 2 nitrogen and oxygen atoms in total. The summed E-state index contributed by atoms with van der Waals surface area (Å²) in [7, 11) is 0. The molecule has 3 heteroatoms. The fourth-order valence-electron chi connectivity index (χ4n) is 2.58. The second kappa shape index (κ2) is 6.37. The van der Waals surface area contributed by atoms with Crippen LogP contribution in [-0.4, -0.2) is 23.9 Å². The van der Waals surface area contributed by atoms with Crippen LogP contribution < -0.4 is 0 Å². The Bertz CT molecular complexity index is 419. The number of carbonyl (C=O) groups excluding carboxylic acids is 1. The Balaban J connectivity index is 2.05. The quantitative estimate of drug-likeness (QED) is 0.805. The van der Waals surface area contributed by atoms with Gasteiger partial charge in [0.2, 0.25) is 0 Å². The van der Waals surface area contributed by atoms with Crippen LogP contribution in [0, 0.1) is 5.92 Å². The van der Waals surface area contributed by atoms with Crippen LogP contribution in [0.2, 0.25) is 0 Å². The van der Waals surface area contributed by atoms with Crippen molar-refractivity contribution in [3.05, 3.63) is 34.3 Å². The predicted octanol–water partition coefficient (Wildman–Crippen LogP) is 4.10. The van der Waals surface area contributed by atoms with Crippen LogP contribution in [0.25, 0.3) is 0 Å². The molecule has 0 aliphatic carbocycles. The Hall–Kier alpha value is -0.830. The van der Waals surface area contributed by atoms with Gasteiger partial charge in [-0.1, -0.05) is 35.3 Å². The van der Waals surface area contributed by atoms with Gasteiger partial charge in [-0.3, -0.25) is 4.79 Å². The summed E-state index contributed by atoms with van der Waals surface area (Å²) in [6.07, 6.45) is 4.78. The Morgan fingerprint density at radius 1 is 1.39 bits per heavy atom. The van der Waals surface area contributed by atoms with Crippen LogP contribution in [-0.2, 0) is 0 Å². The predicted molar refractivity (Wildman–Crippen MR) is 77.7 cm³/mol. The van der Waals surface area contributed by atoms with Gasteiger partial charge in [-0.15, -0.1) is 0 Å². The van der Waals surface area contributed by atoms with Crippen LogP contribution in [0.15, 0.2) is 28.7 Å². The van der Waals surface area contributed by atoms with Crippen molar-refractivity contribution in [1.82, 2.24) is 4.90 Å². The Labute approximate surface area is 117 Å². The molecule has 0 radical (unpaired) electrons. The lowest BCUT2D eigenvalue weighted by Gasteiger charge is -2.20. The zero-order chi connectivity index (χ0) is 13.0. The van der Waals surface area contributed by atoms with Gasteiger partial charge in [-0.2, -0.15) is 0 Å². The van der Waals surface area contributed by atoms with E-state index in [1.807, 2.05) is 29.2 Å². The Kier molecular flexibility index (Phi) is 4.81. The van der Waals surface area contributed by atoms with E-state index in [9.17, 15) is 4.79 Å². The van der Waals surface area contributed by atoms with Crippen molar-refractivity contribution in [2.45, 2.75) is 32.6 Å². The first-order valence-electron chi connectivity index (χ1n) is 6.75. The van der Waals surface area contributed by atoms with Crippen molar-refractivity contribution in [3.63, 3.8) is 0 Å². The third-order valence-corrected chi connectivity index (χ3v) is 4.28. The maximum atomic E-state index is 12.4. The molecular formula is C15H20BrNO. The average molecular weight is 310 g/mol. The number of amides is 1. The van der Waals surface area contributed by atoms with E-state index in [2.05, 4.69) is 22.9 Å². The summed E-state index contributed by atoms with van der Waals surface area (Å²) < 4.78 is 0.967. The highest BCUT2D eigenvalue weighted by Gasteiger charge is 2.20. The van der Waals surface area contributed by atoms with Crippen LogP contribution in [0.5, 0.6) is 0 Å². The lowest BCUT2D eigenvalue weighted by molar-refractivity contribution is 0.0760. The highest BCUT2D eigenvalue weighted by atomic mass is 79.9. The van der Waals surface area contributed by atoms with E-state index in [-0.39, 0.29) is 5.91 Å². The summed E-state index contributed by atoms with van der Waals surface area (Å²) in [4.78, 5) is 14.4. The number of halogens is 1. The molecule has 1 saturated heterocycles. The molecule has 98 valence electrons. The minimum Gasteiger partial charge on any atom is -0.339 e. The third kappa shape index (κ3) is 3.35. The van der Waals surface area contributed by atoms with Crippen LogP contribution in [0.1, 0.15) is 43.0 Å². The highest BCUT2D eigenvalue weighted by molar-refractivity contribution is 9.10. The minimum absolute atomic E-state index is 0.174. The molecule has 1 aliphatic rings. The van der Waals surface area contributed by atoms with E-state index in [4.69, 9.17) is 0 Å². The van der Waals surface area contributed by atoms with E-state index in [1.165, 1.54) is 12.8 Å². The third-order valence-electron chi connectivity index (χ3n) is 3.78. The number of rotatable bonds is 2. The largest absolute Gasteiger partial charge is 0.339 e.